The van der Waals surface area contributed by atoms with Gasteiger partial charge < -0.3 is 5.32 Å². The van der Waals surface area contributed by atoms with Gasteiger partial charge in [-0.15, -0.1) is 22.7 Å². The molecule has 0 fully saturated rings. The number of rotatable bonds is 4. The first kappa shape index (κ1) is 13.3. The molecule has 0 radical (unpaired) electrons. The lowest BCUT2D eigenvalue weighted by Crippen LogP contribution is -2.20. The van der Waals surface area contributed by atoms with Gasteiger partial charge >= 0.3 is 0 Å². The van der Waals surface area contributed by atoms with Crippen molar-refractivity contribution in [3.05, 3.63) is 42.2 Å². The van der Waals surface area contributed by atoms with Gasteiger partial charge in [0.2, 0.25) is 0 Å². The molecule has 0 aromatic carbocycles. The van der Waals surface area contributed by atoms with Crippen LogP contribution in [0.1, 0.15) is 33.8 Å². The number of nitrogens with one attached hydrogen (secondary N) is 1. The molecule has 2 aromatic rings. The first-order valence-corrected chi connectivity index (χ1v) is 8.15. The van der Waals surface area contributed by atoms with E-state index in [1.165, 1.54) is 24.7 Å². The van der Waals surface area contributed by atoms with Crippen LogP contribution in [0.3, 0.4) is 0 Å². The van der Waals surface area contributed by atoms with Gasteiger partial charge in [0.05, 0.1) is 9.83 Å². The standard InChI is InChI=1S/C13H16BrNS2/c1-4-15-11(12-8(2)5-6-16-12)10-7-9(3)13(14)17-10/h5-7,11,15H,4H2,1-3H3. The highest BCUT2D eigenvalue weighted by Crippen LogP contribution is 2.37. The molecule has 0 saturated carbocycles. The van der Waals surface area contributed by atoms with Gasteiger partial charge in [0.1, 0.15) is 0 Å². The van der Waals surface area contributed by atoms with Crippen LogP contribution in [0.5, 0.6) is 0 Å². The predicted octanol–water partition coefficient (Wildman–Crippen LogP) is 4.89. The molecule has 1 unspecified atom stereocenters. The fraction of sp³-hybridized carbons (Fsp3) is 0.385. The van der Waals surface area contributed by atoms with Gasteiger partial charge in [0.25, 0.3) is 0 Å². The molecule has 0 bridgehead atoms. The van der Waals surface area contributed by atoms with Crippen LogP contribution in [-0.4, -0.2) is 6.54 Å². The highest BCUT2D eigenvalue weighted by molar-refractivity contribution is 9.11. The molecule has 0 spiro atoms. The smallest absolute Gasteiger partial charge is 0.0768 e. The summed E-state index contributed by atoms with van der Waals surface area (Å²) in [6, 6.07) is 4.82. The van der Waals surface area contributed by atoms with E-state index in [0.717, 1.165) is 6.54 Å². The van der Waals surface area contributed by atoms with Crippen molar-refractivity contribution in [1.82, 2.24) is 5.32 Å². The maximum atomic E-state index is 3.61. The average molecular weight is 330 g/mol. The normalized spacial score (nSPS) is 12.9. The van der Waals surface area contributed by atoms with Gasteiger partial charge in [-0.3, -0.25) is 0 Å². The molecule has 4 heteroatoms. The van der Waals surface area contributed by atoms with E-state index in [9.17, 15) is 0 Å². The van der Waals surface area contributed by atoms with Crippen molar-refractivity contribution in [2.24, 2.45) is 0 Å². The highest BCUT2D eigenvalue weighted by Gasteiger charge is 2.19. The molecule has 0 saturated heterocycles. The Morgan fingerprint density at radius 2 is 2.12 bits per heavy atom. The topological polar surface area (TPSA) is 12.0 Å². The number of thiophene rings is 2. The summed E-state index contributed by atoms with van der Waals surface area (Å²) in [6.45, 7) is 7.47. The lowest BCUT2D eigenvalue weighted by atomic mass is 10.1. The minimum Gasteiger partial charge on any atom is -0.305 e. The van der Waals surface area contributed by atoms with Crippen LogP contribution in [0, 0.1) is 13.8 Å². The molecule has 92 valence electrons. The molecule has 0 aliphatic heterocycles. The van der Waals surface area contributed by atoms with Gasteiger partial charge in [-0.1, -0.05) is 6.92 Å². The zero-order valence-corrected chi connectivity index (χ0v) is 13.4. The second kappa shape index (κ2) is 5.65. The van der Waals surface area contributed by atoms with Crippen molar-refractivity contribution in [2.75, 3.05) is 6.54 Å². The Morgan fingerprint density at radius 1 is 1.35 bits per heavy atom. The molecule has 1 atom stereocenters. The number of aryl methyl sites for hydroxylation is 2. The summed E-state index contributed by atoms with van der Waals surface area (Å²) >= 11 is 7.28. The molecular formula is C13H16BrNS2. The molecule has 2 rings (SSSR count). The maximum Gasteiger partial charge on any atom is 0.0768 e. The van der Waals surface area contributed by atoms with Crippen LogP contribution in [0.2, 0.25) is 0 Å². The van der Waals surface area contributed by atoms with E-state index in [-0.39, 0.29) is 0 Å². The van der Waals surface area contributed by atoms with Crippen molar-refractivity contribution < 1.29 is 0 Å². The van der Waals surface area contributed by atoms with Crippen molar-refractivity contribution >= 4 is 38.6 Å². The zero-order valence-electron chi connectivity index (χ0n) is 10.2. The third-order valence-electron chi connectivity index (χ3n) is 2.73. The van der Waals surface area contributed by atoms with Crippen LogP contribution in [0.15, 0.2) is 21.3 Å². The Balaban J connectivity index is 2.39. The summed E-state index contributed by atoms with van der Waals surface area (Å²) in [5.41, 5.74) is 2.70. The van der Waals surface area contributed by atoms with E-state index in [4.69, 9.17) is 0 Å². The predicted molar refractivity (Wildman–Crippen MR) is 81.3 cm³/mol. The minimum absolute atomic E-state index is 0.343. The summed E-state index contributed by atoms with van der Waals surface area (Å²) < 4.78 is 1.24. The van der Waals surface area contributed by atoms with Crippen LogP contribution < -0.4 is 5.32 Å². The van der Waals surface area contributed by atoms with Crippen molar-refractivity contribution in [3.8, 4) is 0 Å². The van der Waals surface area contributed by atoms with E-state index in [1.54, 1.807) is 0 Å². The average Bonchev–Trinajstić information content (AvgIpc) is 2.83. The fourth-order valence-corrected chi connectivity index (χ4v) is 4.58. The Kier molecular flexibility index (Phi) is 4.42. The van der Waals surface area contributed by atoms with Crippen molar-refractivity contribution in [1.29, 1.82) is 0 Å². The summed E-state index contributed by atoms with van der Waals surface area (Å²) in [5.74, 6) is 0. The van der Waals surface area contributed by atoms with E-state index in [0.29, 0.717) is 6.04 Å². The van der Waals surface area contributed by atoms with E-state index >= 15 is 0 Å². The van der Waals surface area contributed by atoms with Crippen LogP contribution in [0.4, 0.5) is 0 Å². The third kappa shape index (κ3) is 2.81. The van der Waals surface area contributed by atoms with Gasteiger partial charge in [-0.25, -0.2) is 0 Å². The molecular weight excluding hydrogens is 314 g/mol. The first-order valence-electron chi connectivity index (χ1n) is 5.66. The van der Waals surface area contributed by atoms with Crippen LogP contribution in [0.25, 0.3) is 0 Å². The summed E-state index contributed by atoms with van der Waals surface area (Å²) in [6.07, 6.45) is 0. The number of hydrogen-bond donors (Lipinski definition) is 1. The monoisotopic (exact) mass is 329 g/mol. The zero-order chi connectivity index (χ0) is 12.4. The van der Waals surface area contributed by atoms with Gasteiger partial charge in [0.15, 0.2) is 0 Å². The van der Waals surface area contributed by atoms with Crippen LogP contribution in [-0.2, 0) is 0 Å². The molecule has 0 amide bonds. The maximum absolute atomic E-state index is 3.61. The lowest BCUT2D eigenvalue weighted by Gasteiger charge is -2.16. The number of hydrogen-bond acceptors (Lipinski definition) is 3. The Hall–Kier alpha value is -0.160. The molecule has 2 aromatic heterocycles. The van der Waals surface area contributed by atoms with Crippen molar-refractivity contribution in [3.63, 3.8) is 0 Å². The third-order valence-corrected chi connectivity index (χ3v) is 6.02. The first-order chi connectivity index (χ1) is 8.13. The minimum atomic E-state index is 0.343. The van der Waals surface area contributed by atoms with Gasteiger partial charge in [-0.05, 0) is 65.0 Å². The second-order valence-corrected chi connectivity index (χ2v) is 7.41. The van der Waals surface area contributed by atoms with E-state index in [2.05, 4.69) is 59.5 Å². The van der Waals surface area contributed by atoms with Crippen LogP contribution >= 0.6 is 38.6 Å². The summed E-state index contributed by atoms with van der Waals surface area (Å²) in [7, 11) is 0. The summed E-state index contributed by atoms with van der Waals surface area (Å²) in [5, 5.41) is 5.75. The van der Waals surface area contributed by atoms with Crippen molar-refractivity contribution in [2.45, 2.75) is 26.8 Å². The molecule has 0 aliphatic carbocycles. The van der Waals surface area contributed by atoms with Gasteiger partial charge in [-0.2, -0.15) is 0 Å². The Morgan fingerprint density at radius 3 is 2.59 bits per heavy atom. The van der Waals surface area contributed by atoms with E-state index < -0.39 is 0 Å². The molecule has 0 aliphatic rings. The Bertz CT molecular complexity index is 482. The summed E-state index contributed by atoms with van der Waals surface area (Å²) in [4.78, 5) is 2.82. The fourth-order valence-electron chi connectivity index (χ4n) is 1.83. The molecule has 1 N–H and O–H groups in total. The second-order valence-electron chi connectivity index (χ2n) is 4.06. The highest BCUT2D eigenvalue weighted by atomic mass is 79.9. The SMILES string of the molecule is CCNC(c1cc(C)c(Br)s1)c1sccc1C. The molecule has 17 heavy (non-hydrogen) atoms. The molecule has 2 heterocycles. The Labute approximate surface area is 119 Å². The van der Waals surface area contributed by atoms with E-state index in [1.807, 2.05) is 22.7 Å². The lowest BCUT2D eigenvalue weighted by molar-refractivity contribution is 0.646. The largest absolute Gasteiger partial charge is 0.305 e. The molecule has 1 nitrogen and oxygen atoms in total. The number of halogens is 1. The quantitative estimate of drug-likeness (QED) is 0.842. The van der Waals surface area contributed by atoms with Gasteiger partial charge in [0, 0.05) is 9.75 Å².